The van der Waals surface area contributed by atoms with E-state index in [0.717, 1.165) is 16.7 Å². The molecule has 0 amide bonds. The Hall–Kier alpha value is -3.71. The van der Waals surface area contributed by atoms with Crippen molar-refractivity contribution in [2.24, 2.45) is 0 Å². The molecule has 202 valence electrons. The summed E-state index contributed by atoms with van der Waals surface area (Å²) in [6, 6.07) is 29.4. The van der Waals surface area contributed by atoms with Crippen molar-refractivity contribution in [3.05, 3.63) is 119 Å². The molecule has 0 spiro atoms. The third-order valence-corrected chi connectivity index (χ3v) is 7.55. The third kappa shape index (κ3) is 8.92. The number of benzene rings is 4. The van der Waals surface area contributed by atoms with E-state index < -0.39 is 10.1 Å². The summed E-state index contributed by atoms with van der Waals surface area (Å²) in [5.74, 6) is 0.378. The fraction of sp³-hybridized carbons (Fsp3) is 0.133. The quantitative estimate of drug-likeness (QED) is 0.115. The van der Waals surface area contributed by atoms with E-state index in [2.05, 4.69) is 12.1 Å². The van der Waals surface area contributed by atoms with Crippen molar-refractivity contribution in [2.75, 3.05) is 0 Å². The van der Waals surface area contributed by atoms with E-state index >= 15 is 0 Å². The predicted molar refractivity (Wildman–Crippen MR) is 152 cm³/mol. The first-order valence-electron chi connectivity index (χ1n) is 11.9. The molecule has 0 saturated carbocycles. The van der Waals surface area contributed by atoms with Crippen LogP contribution in [-0.2, 0) is 19.7 Å². The number of aryl methyl sites for hydroxylation is 1. The third-order valence-electron chi connectivity index (χ3n) is 5.58. The summed E-state index contributed by atoms with van der Waals surface area (Å²) in [5, 5.41) is 0. The van der Waals surface area contributed by atoms with Crippen molar-refractivity contribution in [1.29, 1.82) is 0 Å². The molecule has 0 saturated heterocycles. The predicted octanol–water partition coefficient (Wildman–Crippen LogP) is 4.22. The molecule has 4 aromatic rings. The van der Waals surface area contributed by atoms with E-state index in [1.165, 1.54) is 35.9 Å². The minimum Gasteiger partial charge on any atom is -0.282 e. The van der Waals surface area contributed by atoms with Gasteiger partial charge in [0.25, 0.3) is 10.1 Å². The monoisotopic (exact) mass is 608 g/mol. The molecular formula is C30H29AsO7S. The van der Waals surface area contributed by atoms with Gasteiger partial charge in [-0.25, -0.2) is 0 Å². The van der Waals surface area contributed by atoms with Gasteiger partial charge in [-0.3, -0.25) is 4.55 Å². The molecule has 0 fully saturated rings. The van der Waals surface area contributed by atoms with Crippen molar-refractivity contribution >= 4 is 43.3 Å². The Morgan fingerprint density at radius 1 is 0.718 bits per heavy atom. The molecule has 1 N–H and O–H groups in total. The molecular weight excluding hydrogens is 579 g/mol. The average molecular weight is 609 g/mol. The van der Waals surface area contributed by atoms with E-state index in [-0.39, 0.29) is 22.8 Å². The van der Waals surface area contributed by atoms with Crippen LogP contribution < -0.4 is 13.8 Å². The van der Waals surface area contributed by atoms with E-state index in [0.29, 0.717) is 11.5 Å². The molecule has 9 heteroatoms. The topological polar surface area (TPSA) is 107 Å². The second-order valence-electron chi connectivity index (χ2n) is 8.68. The van der Waals surface area contributed by atoms with Crippen LogP contribution in [-0.4, -0.2) is 41.8 Å². The van der Waals surface area contributed by atoms with Gasteiger partial charge >= 0.3 is 173 Å². The Bertz CT molecular complexity index is 1470. The molecule has 39 heavy (non-hydrogen) atoms. The molecule has 1 unspecified atom stereocenters. The number of esters is 2. The van der Waals surface area contributed by atoms with Crippen molar-refractivity contribution < 1.29 is 32.0 Å². The van der Waals surface area contributed by atoms with Crippen LogP contribution in [0.3, 0.4) is 0 Å². The number of hydrogen-bond acceptors (Lipinski definition) is 6. The Kier molecular flexibility index (Phi) is 10.2. The van der Waals surface area contributed by atoms with Crippen molar-refractivity contribution in [2.45, 2.75) is 31.6 Å². The van der Waals surface area contributed by atoms with Gasteiger partial charge in [0.05, 0.1) is 4.90 Å². The zero-order chi connectivity index (χ0) is 28.6. The van der Waals surface area contributed by atoms with Crippen LogP contribution in [0.5, 0.6) is 11.5 Å². The van der Waals surface area contributed by atoms with Gasteiger partial charge < -0.3 is 0 Å². The van der Waals surface area contributed by atoms with Crippen molar-refractivity contribution in [3.63, 3.8) is 0 Å². The standard InChI is InChI=1S/C23H21AsO4.C7H8O3S/c1-15(25)27-19-11-7-17(8-12-19)23(21-5-3-4-6-22(21)24)18-9-13-20(14-10-18)28-16(2)26;1-6-2-4-7(5-3-6)11(8,9)10/h3-14,23H,24H2,1-2H3;2-5H,1H3,(H,8,9,10). The van der Waals surface area contributed by atoms with E-state index in [9.17, 15) is 18.0 Å². The van der Waals surface area contributed by atoms with Gasteiger partial charge in [-0.05, 0) is 19.1 Å². The summed E-state index contributed by atoms with van der Waals surface area (Å²) in [5.41, 5.74) is 4.34. The molecule has 1 atom stereocenters. The molecule has 0 aliphatic rings. The summed E-state index contributed by atoms with van der Waals surface area (Å²) in [4.78, 5) is 22.3. The SMILES string of the molecule is CC(=O)Oc1ccc(C(c2ccc(OC(C)=O)cc2)c2ccccc2[AsH2])cc1.Cc1ccc(S(=O)(=O)O)cc1. The zero-order valence-electron chi connectivity index (χ0n) is 21.7. The van der Waals surface area contributed by atoms with Gasteiger partial charge in [0.2, 0.25) is 0 Å². The summed E-state index contributed by atoms with van der Waals surface area (Å²) in [7, 11) is -4.02. The smallest absolute Gasteiger partial charge is 0.282 e. The van der Waals surface area contributed by atoms with Gasteiger partial charge in [0, 0.05) is 0 Å². The second kappa shape index (κ2) is 13.4. The molecule has 0 aliphatic carbocycles. The number of carbonyl (C=O) groups excluding carboxylic acids is 2. The van der Waals surface area contributed by atoms with Crippen LogP contribution in [0, 0.1) is 6.92 Å². The fourth-order valence-electron chi connectivity index (χ4n) is 3.82. The van der Waals surface area contributed by atoms with Crippen LogP contribution in [0.25, 0.3) is 0 Å². The summed E-state index contributed by atoms with van der Waals surface area (Å²) in [6.45, 7) is 4.61. The molecule has 4 rings (SSSR count). The van der Waals surface area contributed by atoms with Crippen molar-refractivity contribution in [1.82, 2.24) is 0 Å². The van der Waals surface area contributed by atoms with Crippen LogP contribution in [0.15, 0.2) is 102 Å². The van der Waals surface area contributed by atoms with Gasteiger partial charge in [-0.2, -0.15) is 8.42 Å². The van der Waals surface area contributed by atoms with Crippen molar-refractivity contribution in [3.8, 4) is 11.5 Å². The molecule has 0 heterocycles. The van der Waals surface area contributed by atoms with Gasteiger partial charge in [0.15, 0.2) is 0 Å². The summed E-state index contributed by atoms with van der Waals surface area (Å²) < 4.78 is 41.1. The van der Waals surface area contributed by atoms with E-state index in [1.807, 2.05) is 43.3 Å². The molecule has 4 aromatic carbocycles. The molecule has 0 bridgehead atoms. The molecule has 0 aliphatic heterocycles. The van der Waals surface area contributed by atoms with Crippen LogP contribution in [0.4, 0.5) is 0 Å². The van der Waals surface area contributed by atoms with Crippen LogP contribution in [0.1, 0.15) is 42.0 Å². The first-order valence-corrected chi connectivity index (χ1v) is 14.5. The van der Waals surface area contributed by atoms with Crippen LogP contribution >= 0.6 is 0 Å². The average Bonchev–Trinajstić information content (AvgIpc) is 2.87. The Labute approximate surface area is 237 Å². The largest absolute Gasteiger partial charge is 0.294 e. The first kappa shape index (κ1) is 29.8. The maximum absolute atomic E-state index is 11.2. The van der Waals surface area contributed by atoms with Crippen LogP contribution in [0.2, 0.25) is 0 Å². The Morgan fingerprint density at radius 3 is 1.54 bits per heavy atom. The normalized spacial score (nSPS) is 10.8. The molecule has 0 radical (unpaired) electrons. The minimum atomic E-state index is -4.02. The number of rotatable bonds is 6. The second-order valence-corrected chi connectivity index (χ2v) is 11.4. The van der Waals surface area contributed by atoms with Gasteiger partial charge in [-0.15, -0.1) is 0 Å². The number of carbonyl (C=O) groups is 2. The Morgan fingerprint density at radius 2 is 1.15 bits per heavy atom. The van der Waals surface area contributed by atoms with E-state index in [4.69, 9.17) is 14.0 Å². The number of ether oxygens (including phenoxy) is 2. The summed E-state index contributed by atoms with van der Waals surface area (Å²) >= 11 is 1.57. The first-order chi connectivity index (χ1) is 18.4. The molecule has 7 nitrogen and oxygen atoms in total. The van der Waals surface area contributed by atoms with Gasteiger partial charge in [-0.1, -0.05) is 17.7 Å². The maximum atomic E-state index is 11.2. The summed E-state index contributed by atoms with van der Waals surface area (Å²) in [6.07, 6.45) is 0. The fourth-order valence-corrected chi connectivity index (χ4v) is 5.09. The number of hydrogen-bond donors (Lipinski definition) is 1. The maximum Gasteiger partial charge on any atom is 0.294 e. The van der Waals surface area contributed by atoms with E-state index in [1.54, 1.807) is 53.3 Å². The minimum absolute atomic E-state index is 0.0147. The van der Waals surface area contributed by atoms with Gasteiger partial charge in [0.1, 0.15) is 0 Å². The zero-order valence-corrected chi connectivity index (χ0v) is 24.9. The Balaban J connectivity index is 0.000000320. The molecule has 0 aromatic heterocycles.